The van der Waals surface area contributed by atoms with Crippen molar-refractivity contribution in [1.29, 1.82) is 0 Å². The molecule has 0 saturated carbocycles. The molecule has 0 aromatic heterocycles. The number of ether oxygens (including phenoxy) is 2. The molecule has 0 unspecified atom stereocenters. The number of aryl methyl sites for hydroxylation is 3. The summed E-state index contributed by atoms with van der Waals surface area (Å²) in [5.74, 6) is -0.431. The quantitative estimate of drug-likeness (QED) is 0.767. The van der Waals surface area contributed by atoms with Gasteiger partial charge in [0, 0.05) is 12.8 Å². The van der Waals surface area contributed by atoms with Crippen molar-refractivity contribution < 1.29 is 19.1 Å². The Morgan fingerprint density at radius 3 is 1.96 bits per heavy atom. The summed E-state index contributed by atoms with van der Waals surface area (Å²) in [6.45, 7) is 2.07. The zero-order valence-electron chi connectivity index (χ0n) is 13.8. The average molecular weight is 314 g/mol. The number of hydrogen-bond acceptors (Lipinski definition) is 4. The Bertz CT molecular complexity index is 719. The van der Waals surface area contributed by atoms with E-state index >= 15 is 0 Å². The van der Waals surface area contributed by atoms with Crippen LogP contribution in [-0.4, -0.2) is 26.2 Å². The monoisotopic (exact) mass is 314 g/mol. The largest absolute Gasteiger partial charge is 0.469 e. The van der Waals surface area contributed by atoms with Gasteiger partial charge in [-0.25, -0.2) is 0 Å². The first-order valence-electron chi connectivity index (χ1n) is 7.70. The molecule has 0 bridgehead atoms. The second-order valence-corrected chi connectivity index (χ2v) is 5.52. The molecule has 0 amide bonds. The van der Waals surface area contributed by atoms with Crippen LogP contribution >= 0.6 is 0 Å². The van der Waals surface area contributed by atoms with Crippen molar-refractivity contribution in [2.45, 2.75) is 32.6 Å². The highest BCUT2D eigenvalue weighted by Gasteiger charge is 2.12. The molecule has 4 nitrogen and oxygen atoms in total. The zero-order chi connectivity index (χ0) is 16.8. The number of benzene rings is 2. The van der Waals surface area contributed by atoms with Crippen LogP contribution < -0.4 is 0 Å². The van der Waals surface area contributed by atoms with Crippen molar-refractivity contribution in [3.63, 3.8) is 0 Å². The van der Waals surface area contributed by atoms with Gasteiger partial charge in [-0.15, -0.1) is 0 Å². The van der Waals surface area contributed by atoms with Crippen LogP contribution in [0.25, 0.3) is 10.8 Å². The second kappa shape index (κ2) is 7.77. The van der Waals surface area contributed by atoms with Gasteiger partial charge in [0.25, 0.3) is 0 Å². The lowest BCUT2D eigenvalue weighted by Crippen LogP contribution is -2.05. The average Bonchev–Trinajstić information content (AvgIpc) is 2.59. The number of esters is 2. The fraction of sp³-hybridized carbons (Fsp3) is 0.368. The molecule has 0 spiro atoms. The summed E-state index contributed by atoms with van der Waals surface area (Å²) >= 11 is 0. The fourth-order valence-corrected chi connectivity index (χ4v) is 2.80. The molecule has 0 heterocycles. The molecular weight excluding hydrogens is 292 g/mol. The first-order valence-corrected chi connectivity index (χ1v) is 7.70. The number of carbonyl (C=O) groups is 2. The van der Waals surface area contributed by atoms with Crippen molar-refractivity contribution in [2.75, 3.05) is 14.2 Å². The van der Waals surface area contributed by atoms with Crippen LogP contribution in [0.3, 0.4) is 0 Å². The number of hydrogen-bond donors (Lipinski definition) is 0. The summed E-state index contributed by atoms with van der Waals surface area (Å²) in [7, 11) is 2.80. The van der Waals surface area contributed by atoms with Crippen LogP contribution in [0.1, 0.15) is 29.5 Å². The fourth-order valence-electron chi connectivity index (χ4n) is 2.80. The van der Waals surface area contributed by atoms with Gasteiger partial charge in [0.2, 0.25) is 0 Å². The Kier molecular flexibility index (Phi) is 5.74. The number of carbonyl (C=O) groups excluding carboxylic acids is 2. The highest BCUT2D eigenvalue weighted by molar-refractivity contribution is 5.90. The molecule has 2 aromatic carbocycles. The predicted molar refractivity (Wildman–Crippen MR) is 89.4 cm³/mol. The van der Waals surface area contributed by atoms with E-state index in [1.807, 2.05) is 12.1 Å². The maximum Gasteiger partial charge on any atom is 0.305 e. The summed E-state index contributed by atoms with van der Waals surface area (Å²) in [5, 5.41) is 2.31. The Balaban J connectivity index is 2.37. The number of rotatable bonds is 6. The third-order valence-electron chi connectivity index (χ3n) is 4.16. The maximum atomic E-state index is 11.4. The third-order valence-corrected chi connectivity index (χ3v) is 4.16. The standard InChI is InChI=1S/C19H22O4/c1-13-14(8-10-18(20)22-2)12-15(9-11-19(21)23-3)17-7-5-4-6-16(13)17/h4-7,12H,8-11H2,1-3H3. The van der Waals surface area contributed by atoms with Gasteiger partial charge >= 0.3 is 11.9 Å². The highest BCUT2D eigenvalue weighted by Crippen LogP contribution is 2.27. The lowest BCUT2D eigenvalue weighted by Gasteiger charge is -2.14. The minimum absolute atomic E-state index is 0.214. The second-order valence-electron chi connectivity index (χ2n) is 5.52. The lowest BCUT2D eigenvalue weighted by molar-refractivity contribution is -0.141. The van der Waals surface area contributed by atoms with Crippen LogP contribution in [-0.2, 0) is 31.9 Å². The predicted octanol–water partition coefficient (Wildman–Crippen LogP) is 3.36. The van der Waals surface area contributed by atoms with E-state index in [0.717, 1.165) is 21.9 Å². The van der Waals surface area contributed by atoms with Crippen LogP contribution in [0.2, 0.25) is 0 Å². The summed E-state index contributed by atoms with van der Waals surface area (Å²) in [5.41, 5.74) is 3.40. The number of methoxy groups -OCH3 is 2. The van der Waals surface area contributed by atoms with E-state index in [1.165, 1.54) is 19.8 Å². The summed E-state index contributed by atoms with van der Waals surface area (Å²) in [6.07, 6.45) is 1.96. The van der Waals surface area contributed by atoms with E-state index in [4.69, 9.17) is 9.47 Å². The van der Waals surface area contributed by atoms with E-state index in [1.54, 1.807) is 0 Å². The van der Waals surface area contributed by atoms with Crippen molar-refractivity contribution in [2.24, 2.45) is 0 Å². The van der Waals surface area contributed by atoms with Crippen LogP contribution in [0.4, 0.5) is 0 Å². The minimum atomic E-state index is -0.217. The molecule has 0 N–H and O–H groups in total. The van der Waals surface area contributed by atoms with Gasteiger partial charge in [0.05, 0.1) is 14.2 Å². The van der Waals surface area contributed by atoms with Crippen LogP contribution in [0.5, 0.6) is 0 Å². The van der Waals surface area contributed by atoms with E-state index in [-0.39, 0.29) is 11.9 Å². The van der Waals surface area contributed by atoms with Crippen molar-refractivity contribution >= 4 is 22.7 Å². The zero-order valence-corrected chi connectivity index (χ0v) is 13.8. The van der Waals surface area contributed by atoms with E-state index in [9.17, 15) is 9.59 Å². The van der Waals surface area contributed by atoms with Gasteiger partial charge in [0.1, 0.15) is 0 Å². The first kappa shape index (κ1) is 17.0. The molecule has 0 aliphatic heterocycles. The Hall–Kier alpha value is -2.36. The lowest BCUT2D eigenvalue weighted by atomic mass is 9.91. The first-order chi connectivity index (χ1) is 11.1. The van der Waals surface area contributed by atoms with Gasteiger partial charge in [-0.1, -0.05) is 30.3 Å². The molecule has 0 radical (unpaired) electrons. The minimum Gasteiger partial charge on any atom is -0.469 e. The van der Waals surface area contributed by atoms with E-state index in [2.05, 4.69) is 25.1 Å². The normalized spacial score (nSPS) is 10.6. The molecule has 0 atom stereocenters. The Morgan fingerprint density at radius 2 is 1.39 bits per heavy atom. The summed E-state index contributed by atoms with van der Waals surface area (Å²) in [4.78, 5) is 22.9. The van der Waals surface area contributed by atoms with Gasteiger partial charge in [-0.3, -0.25) is 9.59 Å². The molecule has 0 aliphatic rings. The summed E-state index contributed by atoms with van der Waals surface area (Å²) in [6, 6.07) is 10.2. The van der Waals surface area contributed by atoms with Crippen molar-refractivity contribution in [3.05, 3.63) is 47.0 Å². The topological polar surface area (TPSA) is 52.6 Å². The molecule has 0 aliphatic carbocycles. The van der Waals surface area contributed by atoms with E-state index < -0.39 is 0 Å². The van der Waals surface area contributed by atoms with Crippen LogP contribution in [0, 0.1) is 6.92 Å². The smallest absolute Gasteiger partial charge is 0.305 e. The third kappa shape index (κ3) is 4.09. The van der Waals surface area contributed by atoms with E-state index in [0.29, 0.717) is 25.7 Å². The molecule has 122 valence electrons. The van der Waals surface area contributed by atoms with Gasteiger partial charge < -0.3 is 9.47 Å². The van der Waals surface area contributed by atoms with Gasteiger partial charge in [-0.2, -0.15) is 0 Å². The number of fused-ring (bicyclic) bond motifs is 1. The Labute approximate surface area is 136 Å². The maximum absolute atomic E-state index is 11.4. The SMILES string of the molecule is COC(=O)CCc1cc(CCC(=O)OC)c2ccccc2c1C. The highest BCUT2D eigenvalue weighted by atomic mass is 16.5. The molecule has 2 rings (SSSR count). The van der Waals surface area contributed by atoms with Gasteiger partial charge in [0.15, 0.2) is 0 Å². The van der Waals surface area contributed by atoms with Crippen LogP contribution in [0.15, 0.2) is 30.3 Å². The molecular formula is C19H22O4. The molecule has 23 heavy (non-hydrogen) atoms. The molecule has 0 saturated heterocycles. The van der Waals surface area contributed by atoms with Crippen molar-refractivity contribution in [1.82, 2.24) is 0 Å². The molecule has 4 heteroatoms. The van der Waals surface area contributed by atoms with Gasteiger partial charge in [-0.05, 0) is 47.2 Å². The summed E-state index contributed by atoms with van der Waals surface area (Å²) < 4.78 is 9.45. The molecule has 0 fully saturated rings. The molecule has 2 aromatic rings. The van der Waals surface area contributed by atoms with Crippen molar-refractivity contribution in [3.8, 4) is 0 Å². The Morgan fingerprint density at radius 1 is 0.870 bits per heavy atom.